The van der Waals surface area contributed by atoms with Crippen LogP contribution in [0.2, 0.25) is 0 Å². The topological polar surface area (TPSA) is 186 Å². The second-order valence-electron chi connectivity index (χ2n) is 10.3. The van der Waals surface area contributed by atoms with E-state index in [1.807, 2.05) is 0 Å². The van der Waals surface area contributed by atoms with E-state index >= 15 is 0 Å². The number of aliphatic hydroxyl groups excluding tert-OH is 5. The van der Waals surface area contributed by atoms with Gasteiger partial charge in [-0.1, -0.05) is 39.0 Å². The van der Waals surface area contributed by atoms with Gasteiger partial charge < -0.3 is 59.3 Å². The summed E-state index contributed by atoms with van der Waals surface area (Å²) in [6, 6.07) is -0.887. The molecule has 0 aromatic carbocycles. The molecule has 13 nitrogen and oxygen atoms in total. The summed E-state index contributed by atoms with van der Waals surface area (Å²) in [6.45, 7) is 4.70. The van der Waals surface area contributed by atoms with Crippen LogP contribution in [0.1, 0.15) is 59.3 Å². The molecule has 2 heterocycles. The lowest BCUT2D eigenvalue weighted by atomic mass is 9.95. The molecular weight excluding hydrogens is 518 g/mol. The molecule has 0 saturated carbocycles. The lowest BCUT2D eigenvalue weighted by molar-refractivity contribution is -0.343. The lowest BCUT2D eigenvalue weighted by Crippen LogP contribution is -2.68. The average Bonchev–Trinajstić information content (AvgIpc) is 2.91. The number of aliphatic hydroxyl groups is 5. The third-order valence-electron chi connectivity index (χ3n) is 6.97. The van der Waals surface area contributed by atoms with Crippen molar-refractivity contribution in [3.05, 3.63) is 0 Å². The van der Waals surface area contributed by atoms with Crippen molar-refractivity contribution in [3.8, 4) is 0 Å². The van der Waals surface area contributed by atoms with Crippen LogP contribution in [0.4, 0.5) is 0 Å². The van der Waals surface area contributed by atoms with E-state index in [2.05, 4.69) is 12.2 Å². The van der Waals surface area contributed by atoms with Crippen LogP contribution >= 0.6 is 0 Å². The van der Waals surface area contributed by atoms with Crippen molar-refractivity contribution >= 4 is 5.91 Å². The Balaban J connectivity index is 2.23. The van der Waals surface area contributed by atoms with Crippen LogP contribution in [-0.4, -0.2) is 132 Å². The Hall–Kier alpha value is -0.970. The summed E-state index contributed by atoms with van der Waals surface area (Å²) in [6.07, 6.45) is -4.98. The van der Waals surface area contributed by atoms with Crippen LogP contribution in [-0.2, 0) is 33.2 Å². The molecule has 39 heavy (non-hydrogen) atoms. The Bertz CT molecular complexity index is 687. The van der Waals surface area contributed by atoms with Gasteiger partial charge in [-0.3, -0.25) is 4.79 Å². The van der Waals surface area contributed by atoms with Crippen molar-refractivity contribution in [2.75, 3.05) is 33.5 Å². The molecule has 0 aromatic heterocycles. The Kier molecular flexibility index (Phi) is 15.6. The second kappa shape index (κ2) is 17.8. The van der Waals surface area contributed by atoms with Crippen LogP contribution in [0.25, 0.3) is 0 Å². The molecule has 6 N–H and O–H groups in total. The quantitative estimate of drug-likeness (QED) is 0.120. The van der Waals surface area contributed by atoms with Gasteiger partial charge in [0.25, 0.3) is 0 Å². The van der Waals surface area contributed by atoms with E-state index in [4.69, 9.17) is 33.5 Å². The highest BCUT2D eigenvalue weighted by Gasteiger charge is 2.52. The standard InChI is InChI=1S/C26H49NO12/c1-5-6-7-8-9-10-11-36-25-19(27-16(3)29)24(39-26-22(33)21(32)20(31)15(2)37-26)23(34-4)18(38-25)14-35-13-17(30)12-28/h15,17-26,28,30-33H,5-14H2,1-4H3,(H,27,29)/t15-,17+,18+,19+,20+,21+,22-,23+,24+,25-,26-/m0/s1. The first-order chi connectivity index (χ1) is 18.6. The molecule has 0 aliphatic carbocycles. The normalized spacial score (nSPS) is 36.0. The zero-order valence-electron chi connectivity index (χ0n) is 23.5. The molecule has 11 atom stereocenters. The van der Waals surface area contributed by atoms with Crippen LogP contribution in [0.15, 0.2) is 0 Å². The first-order valence-corrected chi connectivity index (χ1v) is 13.9. The van der Waals surface area contributed by atoms with Gasteiger partial charge in [0.15, 0.2) is 12.6 Å². The van der Waals surface area contributed by atoms with Gasteiger partial charge in [0.1, 0.15) is 48.8 Å². The zero-order chi connectivity index (χ0) is 28.9. The molecule has 0 unspecified atom stereocenters. The summed E-state index contributed by atoms with van der Waals surface area (Å²) in [4.78, 5) is 12.2. The van der Waals surface area contributed by atoms with Crippen LogP contribution in [0.5, 0.6) is 0 Å². The molecule has 2 fully saturated rings. The lowest BCUT2D eigenvalue weighted by Gasteiger charge is -2.48. The number of hydrogen-bond donors (Lipinski definition) is 6. The van der Waals surface area contributed by atoms with E-state index in [-0.39, 0.29) is 19.1 Å². The molecule has 2 aliphatic heterocycles. The molecule has 0 bridgehead atoms. The van der Waals surface area contributed by atoms with Gasteiger partial charge in [-0.25, -0.2) is 0 Å². The first kappa shape index (κ1) is 34.2. The average molecular weight is 568 g/mol. The fourth-order valence-corrected chi connectivity index (χ4v) is 4.75. The highest BCUT2D eigenvalue weighted by molar-refractivity contribution is 5.73. The number of unbranched alkanes of at least 4 members (excludes halogenated alkanes) is 5. The van der Waals surface area contributed by atoms with Gasteiger partial charge >= 0.3 is 0 Å². The van der Waals surface area contributed by atoms with Gasteiger partial charge in [-0.15, -0.1) is 0 Å². The van der Waals surface area contributed by atoms with Crippen molar-refractivity contribution < 1.29 is 58.7 Å². The summed E-state index contributed by atoms with van der Waals surface area (Å²) >= 11 is 0. The van der Waals surface area contributed by atoms with Crippen LogP contribution in [0.3, 0.4) is 0 Å². The minimum Gasteiger partial charge on any atom is -0.394 e. The molecule has 0 aromatic rings. The maximum absolute atomic E-state index is 12.2. The highest BCUT2D eigenvalue weighted by atomic mass is 16.7. The maximum Gasteiger partial charge on any atom is 0.217 e. The van der Waals surface area contributed by atoms with Gasteiger partial charge in [0.05, 0.1) is 25.9 Å². The third-order valence-corrected chi connectivity index (χ3v) is 6.97. The van der Waals surface area contributed by atoms with Crippen LogP contribution < -0.4 is 5.32 Å². The smallest absolute Gasteiger partial charge is 0.217 e. The molecule has 0 radical (unpaired) electrons. The summed E-state index contributed by atoms with van der Waals surface area (Å²) < 4.78 is 35.3. The van der Waals surface area contributed by atoms with Gasteiger partial charge in [-0.05, 0) is 13.3 Å². The largest absolute Gasteiger partial charge is 0.394 e. The Morgan fingerprint density at radius 2 is 1.67 bits per heavy atom. The van der Waals surface area contributed by atoms with Crippen molar-refractivity contribution in [1.82, 2.24) is 5.32 Å². The molecule has 2 saturated heterocycles. The van der Waals surface area contributed by atoms with Crippen molar-refractivity contribution in [3.63, 3.8) is 0 Å². The minimum absolute atomic E-state index is 0.0646. The first-order valence-electron chi connectivity index (χ1n) is 13.9. The van der Waals surface area contributed by atoms with E-state index in [9.17, 15) is 25.2 Å². The molecular formula is C26H49NO12. The molecule has 1 amide bonds. The summed E-state index contributed by atoms with van der Waals surface area (Å²) in [5, 5.41) is 52.5. The van der Waals surface area contributed by atoms with Crippen molar-refractivity contribution in [2.24, 2.45) is 0 Å². The minimum atomic E-state index is -1.58. The second-order valence-corrected chi connectivity index (χ2v) is 10.3. The van der Waals surface area contributed by atoms with E-state index in [0.29, 0.717) is 6.61 Å². The predicted molar refractivity (Wildman–Crippen MR) is 138 cm³/mol. The van der Waals surface area contributed by atoms with Gasteiger partial charge in [0, 0.05) is 20.6 Å². The van der Waals surface area contributed by atoms with E-state index in [0.717, 1.165) is 32.1 Å². The molecule has 13 heteroatoms. The summed E-state index contributed by atoms with van der Waals surface area (Å²) in [5.41, 5.74) is 0. The summed E-state index contributed by atoms with van der Waals surface area (Å²) in [5.74, 6) is -0.380. The Morgan fingerprint density at radius 3 is 2.31 bits per heavy atom. The Labute approximate surface area is 230 Å². The number of carbonyl (C=O) groups excluding carboxylic acids is 1. The molecule has 0 spiro atoms. The SMILES string of the molecule is CCCCCCCCO[C@H]1O[C@H](COC[C@H](O)CO)[C@@H](OC)[C@H](O[C@@H]2O[C@@H](C)[C@@H](O)[C@@H](O)[C@@H]2O)[C@H]1NC(C)=O. The van der Waals surface area contributed by atoms with E-state index in [1.165, 1.54) is 27.4 Å². The third kappa shape index (κ3) is 10.4. The number of ether oxygens (including phenoxy) is 6. The maximum atomic E-state index is 12.2. The number of amides is 1. The van der Waals surface area contributed by atoms with E-state index < -0.39 is 74.1 Å². The van der Waals surface area contributed by atoms with Gasteiger partial charge in [0.2, 0.25) is 5.91 Å². The molecule has 2 aliphatic rings. The number of carbonyl (C=O) groups is 1. The predicted octanol–water partition coefficient (Wildman–Crippen LogP) is -0.809. The van der Waals surface area contributed by atoms with Crippen molar-refractivity contribution in [2.45, 2.75) is 127 Å². The van der Waals surface area contributed by atoms with Crippen LogP contribution in [0, 0.1) is 0 Å². The number of methoxy groups -OCH3 is 1. The fraction of sp³-hybridized carbons (Fsp3) is 0.962. The fourth-order valence-electron chi connectivity index (χ4n) is 4.75. The van der Waals surface area contributed by atoms with Crippen molar-refractivity contribution in [1.29, 1.82) is 0 Å². The molecule has 2 rings (SSSR count). The number of hydrogen-bond acceptors (Lipinski definition) is 12. The van der Waals surface area contributed by atoms with E-state index in [1.54, 1.807) is 0 Å². The highest BCUT2D eigenvalue weighted by Crippen LogP contribution is 2.31. The van der Waals surface area contributed by atoms with Gasteiger partial charge in [-0.2, -0.15) is 0 Å². The number of rotatable bonds is 17. The zero-order valence-corrected chi connectivity index (χ0v) is 23.5. The summed E-state index contributed by atoms with van der Waals surface area (Å²) in [7, 11) is 1.42. The molecule has 230 valence electrons. The number of nitrogens with one attached hydrogen (secondary N) is 1. The monoisotopic (exact) mass is 567 g/mol. The Morgan fingerprint density at radius 1 is 0.974 bits per heavy atom.